The number of ether oxygens (including phenoxy) is 1. The third kappa shape index (κ3) is 5.18. The van der Waals surface area contributed by atoms with Crippen molar-refractivity contribution in [2.75, 3.05) is 26.5 Å². The Morgan fingerprint density at radius 3 is 2.36 bits per heavy atom. The third-order valence-corrected chi connectivity index (χ3v) is 3.96. The molecule has 0 saturated carbocycles. The summed E-state index contributed by atoms with van der Waals surface area (Å²) in [6.45, 7) is -0.176. The number of esters is 1. The number of likely N-dealkylation sites (N-methyl/N-ethyl adjacent to an activating group) is 1. The standard InChI is InChI=1S/C14H16N2O5S/c1-16(9-3-8-15)13(17)10-21-14(18)11-4-6-12(7-5-11)22(2,19)20/h4-7H,3,9-10H2,1-2H3. The monoisotopic (exact) mass is 324 g/mol. The maximum absolute atomic E-state index is 11.8. The molecule has 0 aliphatic heterocycles. The lowest BCUT2D eigenvalue weighted by atomic mass is 10.2. The van der Waals surface area contributed by atoms with Gasteiger partial charge in [0.15, 0.2) is 16.4 Å². The first kappa shape index (κ1) is 17.7. The van der Waals surface area contributed by atoms with E-state index in [-0.39, 0.29) is 23.4 Å². The molecular formula is C14H16N2O5S. The van der Waals surface area contributed by atoms with Crippen LogP contribution in [0.4, 0.5) is 0 Å². The zero-order valence-electron chi connectivity index (χ0n) is 12.3. The van der Waals surface area contributed by atoms with Crippen molar-refractivity contribution in [1.82, 2.24) is 4.90 Å². The summed E-state index contributed by atoms with van der Waals surface area (Å²) >= 11 is 0. The van der Waals surface area contributed by atoms with Crippen LogP contribution in [0.15, 0.2) is 29.2 Å². The van der Waals surface area contributed by atoms with Crippen LogP contribution in [0.2, 0.25) is 0 Å². The van der Waals surface area contributed by atoms with Crippen molar-refractivity contribution in [2.45, 2.75) is 11.3 Å². The molecule has 0 bridgehead atoms. The maximum Gasteiger partial charge on any atom is 0.338 e. The highest BCUT2D eigenvalue weighted by Gasteiger charge is 2.14. The van der Waals surface area contributed by atoms with Gasteiger partial charge in [0.05, 0.1) is 22.9 Å². The predicted octanol–water partition coefficient (Wildman–Crippen LogP) is 0.619. The first-order chi connectivity index (χ1) is 10.3. The molecule has 0 atom stereocenters. The number of hydrogen-bond acceptors (Lipinski definition) is 6. The van der Waals surface area contributed by atoms with Crippen molar-refractivity contribution in [3.8, 4) is 6.07 Å². The number of hydrogen-bond donors (Lipinski definition) is 0. The molecule has 0 N–H and O–H groups in total. The van der Waals surface area contributed by atoms with E-state index in [0.29, 0.717) is 0 Å². The minimum atomic E-state index is -3.33. The molecule has 7 nitrogen and oxygen atoms in total. The van der Waals surface area contributed by atoms with Crippen LogP contribution in [0, 0.1) is 11.3 Å². The van der Waals surface area contributed by atoms with E-state index in [0.717, 1.165) is 6.26 Å². The van der Waals surface area contributed by atoms with Crippen LogP contribution >= 0.6 is 0 Å². The Hall–Kier alpha value is -2.40. The molecule has 0 aromatic heterocycles. The lowest BCUT2D eigenvalue weighted by Gasteiger charge is -2.15. The number of carbonyl (C=O) groups is 2. The lowest BCUT2D eigenvalue weighted by Crippen LogP contribution is -2.31. The second-order valence-electron chi connectivity index (χ2n) is 4.60. The predicted molar refractivity (Wildman–Crippen MR) is 77.7 cm³/mol. The first-order valence-electron chi connectivity index (χ1n) is 6.34. The van der Waals surface area contributed by atoms with E-state index in [9.17, 15) is 18.0 Å². The molecule has 118 valence electrons. The summed E-state index contributed by atoms with van der Waals surface area (Å²) in [6.07, 6.45) is 1.26. The first-order valence-corrected chi connectivity index (χ1v) is 8.23. The van der Waals surface area contributed by atoms with Gasteiger partial charge in [-0.3, -0.25) is 4.79 Å². The van der Waals surface area contributed by atoms with Crippen LogP contribution in [0.3, 0.4) is 0 Å². The molecule has 8 heteroatoms. The lowest BCUT2D eigenvalue weighted by molar-refractivity contribution is -0.133. The van der Waals surface area contributed by atoms with Crippen molar-refractivity contribution < 1.29 is 22.7 Å². The number of benzene rings is 1. The molecule has 1 amide bonds. The van der Waals surface area contributed by atoms with Gasteiger partial charge in [0.25, 0.3) is 5.91 Å². The fraction of sp³-hybridized carbons (Fsp3) is 0.357. The smallest absolute Gasteiger partial charge is 0.338 e. The molecule has 0 radical (unpaired) electrons. The normalized spacial score (nSPS) is 10.6. The van der Waals surface area contributed by atoms with Crippen molar-refractivity contribution in [2.24, 2.45) is 0 Å². The third-order valence-electron chi connectivity index (χ3n) is 2.83. The zero-order chi connectivity index (χ0) is 16.8. The molecule has 0 fully saturated rings. The Morgan fingerprint density at radius 2 is 1.86 bits per heavy atom. The average molecular weight is 324 g/mol. The average Bonchev–Trinajstić information content (AvgIpc) is 2.49. The zero-order valence-corrected chi connectivity index (χ0v) is 13.1. The number of sulfone groups is 1. The Labute approximate surface area is 129 Å². The minimum absolute atomic E-state index is 0.0939. The van der Waals surface area contributed by atoms with Crippen LogP contribution < -0.4 is 0 Å². The highest BCUT2D eigenvalue weighted by atomic mass is 32.2. The summed E-state index contributed by atoms with van der Waals surface area (Å²) in [5.74, 6) is -1.14. The van der Waals surface area contributed by atoms with Gasteiger partial charge in [-0.25, -0.2) is 13.2 Å². The highest BCUT2D eigenvalue weighted by Crippen LogP contribution is 2.11. The number of amides is 1. The van der Waals surface area contributed by atoms with E-state index in [1.165, 1.54) is 36.2 Å². The van der Waals surface area contributed by atoms with Gasteiger partial charge in [0, 0.05) is 19.8 Å². The minimum Gasteiger partial charge on any atom is -0.452 e. The van der Waals surface area contributed by atoms with Crippen LogP contribution in [-0.2, 0) is 19.4 Å². The number of nitrogens with zero attached hydrogens (tertiary/aromatic N) is 2. The molecule has 0 saturated heterocycles. The van der Waals surface area contributed by atoms with Gasteiger partial charge in [-0.2, -0.15) is 5.26 Å². The maximum atomic E-state index is 11.8. The molecule has 0 heterocycles. The molecule has 1 aromatic carbocycles. The molecule has 0 aliphatic rings. The van der Waals surface area contributed by atoms with E-state index >= 15 is 0 Å². The van der Waals surface area contributed by atoms with Crippen LogP contribution in [0.25, 0.3) is 0 Å². The quantitative estimate of drug-likeness (QED) is 0.710. The van der Waals surface area contributed by atoms with Gasteiger partial charge in [-0.1, -0.05) is 0 Å². The second kappa shape index (κ2) is 7.56. The molecule has 0 unspecified atom stereocenters. The summed E-state index contributed by atoms with van der Waals surface area (Å²) in [4.78, 5) is 24.8. The van der Waals surface area contributed by atoms with Gasteiger partial charge in [-0.15, -0.1) is 0 Å². The summed E-state index contributed by atoms with van der Waals surface area (Å²) in [7, 11) is -1.82. The molecule has 22 heavy (non-hydrogen) atoms. The Kier molecular flexibility index (Phi) is 6.07. The van der Waals surface area contributed by atoms with Crippen LogP contribution in [-0.4, -0.2) is 51.6 Å². The van der Waals surface area contributed by atoms with Gasteiger partial charge in [-0.05, 0) is 24.3 Å². The molecule has 0 spiro atoms. The van der Waals surface area contributed by atoms with E-state index in [4.69, 9.17) is 10.00 Å². The van der Waals surface area contributed by atoms with E-state index in [2.05, 4.69) is 0 Å². The number of nitriles is 1. The van der Waals surface area contributed by atoms with Gasteiger partial charge in [0.2, 0.25) is 0 Å². The number of rotatable bonds is 6. The Balaban J connectivity index is 2.59. The van der Waals surface area contributed by atoms with Gasteiger partial charge < -0.3 is 9.64 Å². The van der Waals surface area contributed by atoms with E-state index in [1.54, 1.807) is 0 Å². The summed E-state index contributed by atoms with van der Waals surface area (Å²) in [6, 6.07) is 7.15. The van der Waals surface area contributed by atoms with E-state index < -0.39 is 28.3 Å². The van der Waals surface area contributed by atoms with Crippen LogP contribution in [0.5, 0.6) is 0 Å². The molecular weight excluding hydrogens is 308 g/mol. The topological polar surface area (TPSA) is 105 Å². The van der Waals surface area contributed by atoms with E-state index in [1.807, 2.05) is 6.07 Å². The SMILES string of the molecule is CN(CCC#N)C(=O)COC(=O)c1ccc(S(C)(=O)=O)cc1. The van der Waals surface area contributed by atoms with Gasteiger partial charge >= 0.3 is 5.97 Å². The fourth-order valence-electron chi connectivity index (χ4n) is 1.50. The number of carbonyl (C=O) groups excluding carboxylic acids is 2. The summed E-state index contributed by atoms with van der Waals surface area (Å²) < 4.78 is 27.5. The molecule has 1 rings (SSSR count). The van der Waals surface area contributed by atoms with Crippen molar-refractivity contribution in [3.63, 3.8) is 0 Å². The van der Waals surface area contributed by atoms with Gasteiger partial charge in [0.1, 0.15) is 0 Å². The highest BCUT2D eigenvalue weighted by molar-refractivity contribution is 7.90. The Bertz CT molecular complexity index is 689. The fourth-order valence-corrected chi connectivity index (χ4v) is 2.13. The largest absolute Gasteiger partial charge is 0.452 e. The molecule has 0 aliphatic carbocycles. The van der Waals surface area contributed by atoms with Crippen molar-refractivity contribution in [1.29, 1.82) is 5.26 Å². The summed E-state index contributed by atoms with van der Waals surface area (Å²) in [5, 5.41) is 8.43. The van der Waals surface area contributed by atoms with Crippen molar-refractivity contribution in [3.05, 3.63) is 29.8 Å². The molecule has 1 aromatic rings. The van der Waals surface area contributed by atoms with Crippen molar-refractivity contribution >= 4 is 21.7 Å². The summed E-state index contributed by atoms with van der Waals surface area (Å²) in [5.41, 5.74) is 0.153. The second-order valence-corrected chi connectivity index (χ2v) is 6.61. The Morgan fingerprint density at radius 1 is 1.27 bits per heavy atom. The van der Waals surface area contributed by atoms with Crippen LogP contribution in [0.1, 0.15) is 16.8 Å².